The molecule has 1 aliphatic heterocycles. The number of hydrogen-bond donors (Lipinski definition) is 1. The smallest absolute Gasteiger partial charge is 0.303 e. The monoisotopic (exact) mass is 340 g/mol. The highest BCUT2D eigenvalue weighted by molar-refractivity contribution is 5.66. The molecule has 0 aromatic carbocycles. The molecule has 1 aliphatic rings. The van der Waals surface area contributed by atoms with Crippen molar-refractivity contribution in [2.24, 2.45) is 0 Å². The zero-order valence-electron chi connectivity index (χ0n) is 15.9. The van der Waals surface area contributed by atoms with E-state index in [1.807, 2.05) is 6.08 Å². The lowest BCUT2D eigenvalue weighted by Gasteiger charge is -2.02. The number of rotatable bonds is 14. The molecule has 1 N–H and O–H groups in total. The minimum Gasteiger partial charge on any atom is -0.502 e. The average Bonchev–Trinajstić information content (AvgIpc) is 2.61. The van der Waals surface area contributed by atoms with Gasteiger partial charge in [-0.25, -0.2) is 0 Å². The van der Waals surface area contributed by atoms with Crippen LogP contribution in [0, 0.1) is 0 Å². The number of carboxylic acid groups (broad SMARTS) is 1. The number of carboxylic acids is 1. The Kier molecular flexibility index (Phi) is 19.2. The Labute approximate surface area is 149 Å². The van der Waals surface area contributed by atoms with Crippen molar-refractivity contribution >= 4 is 5.97 Å². The van der Waals surface area contributed by atoms with Crippen LogP contribution >= 0.6 is 0 Å². The van der Waals surface area contributed by atoms with Crippen molar-refractivity contribution in [3.8, 4) is 0 Å². The Balaban J connectivity index is 0.000000728. The Morgan fingerprint density at radius 1 is 0.875 bits per heavy atom. The van der Waals surface area contributed by atoms with Crippen molar-refractivity contribution in [1.29, 1.82) is 0 Å². The molecule has 1 heterocycles. The minimum absolute atomic E-state index is 0.345. The summed E-state index contributed by atoms with van der Waals surface area (Å²) in [5.41, 5.74) is 0. The van der Waals surface area contributed by atoms with E-state index in [0.717, 1.165) is 19.4 Å². The molecule has 142 valence electrons. The van der Waals surface area contributed by atoms with Crippen LogP contribution in [0.4, 0.5) is 0 Å². The number of carbonyl (C=O) groups is 1. The number of hydrogen-bond acceptors (Lipinski definition) is 2. The SMILES string of the molecule is C1=COCCC1.CCCCCCCCCCCCCCCC(=O)O. The van der Waals surface area contributed by atoms with Crippen molar-refractivity contribution in [3.05, 3.63) is 12.3 Å². The Morgan fingerprint density at radius 2 is 1.38 bits per heavy atom. The van der Waals surface area contributed by atoms with E-state index in [0.29, 0.717) is 6.42 Å². The normalized spacial score (nSPS) is 13.0. The summed E-state index contributed by atoms with van der Waals surface area (Å²) in [7, 11) is 0. The molecular weight excluding hydrogens is 300 g/mol. The lowest BCUT2D eigenvalue weighted by molar-refractivity contribution is -0.137. The van der Waals surface area contributed by atoms with Gasteiger partial charge in [-0.3, -0.25) is 4.79 Å². The van der Waals surface area contributed by atoms with Crippen molar-refractivity contribution in [2.45, 2.75) is 110 Å². The molecule has 1 rings (SSSR count). The molecule has 0 aliphatic carbocycles. The highest BCUT2D eigenvalue weighted by Gasteiger charge is 1.96. The molecule has 3 heteroatoms. The van der Waals surface area contributed by atoms with Crippen LogP contribution in [0.2, 0.25) is 0 Å². The second-order valence-electron chi connectivity index (χ2n) is 6.77. The highest BCUT2D eigenvalue weighted by Crippen LogP contribution is 2.12. The van der Waals surface area contributed by atoms with Gasteiger partial charge >= 0.3 is 5.97 Å². The highest BCUT2D eigenvalue weighted by atomic mass is 16.5. The van der Waals surface area contributed by atoms with Gasteiger partial charge in [-0.15, -0.1) is 0 Å². The van der Waals surface area contributed by atoms with Crippen molar-refractivity contribution in [1.82, 2.24) is 0 Å². The molecule has 3 nitrogen and oxygen atoms in total. The number of allylic oxidation sites excluding steroid dienone is 1. The van der Waals surface area contributed by atoms with E-state index in [4.69, 9.17) is 9.84 Å². The van der Waals surface area contributed by atoms with Crippen molar-refractivity contribution < 1.29 is 14.6 Å². The van der Waals surface area contributed by atoms with E-state index in [2.05, 4.69) is 6.92 Å². The molecule has 0 aromatic rings. The Morgan fingerprint density at radius 3 is 1.67 bits per heavy atom. The summed E-state index contributed by atoms with van der Waals surface area (Å²) in [4.78, 5) is 10.3. The maximum atomic E-state index is 10.3. The fourth-order valence-electron chi connectivity index (χ4n) is 2.78. The predicted molar refractivity (Wildman–Crippen MR) is 102 cm³/mol. The third-order valence-corrected chi connectivity index (χ3v) is 4.32. The van der Waals surface area contributed by atoms with Gasteiger partial charge in [0.05, 0.1) is 12.9 Å². The number of ether oxygens (including phenoxy) is 1. The van der Waals surface area contributed by atoms with Gasteiger partial charge in [0.2, 0.25) is 0 Å². The van der Waals surface area contributed by atoms with Gasteiger partial charge in [-0.2, -0.15) is 0 Å². The first-order chi connectivity index (χ1) is 11.8. The molecule has 0 saturated heterocycles. The molecule has 0 saturated carbocycles. The van der Waals surface area contributed by atoms with Gasteiger partial charge in [0, 0.05) is 6.42 Å². The molecule has 0 bridgehead atoms. The number of unbranched alkanes of at least 4 members (excludes halogenated alkanes) is 12. The quantitative estimate of drug-likeness (QED) is 0.351. The first-order valence-electron chi connectivity index (χ1n) is 10.3. The first-order valence-corrected chi connectivity index (χ1v) is 10.3. The maximum Gasteiger partial charge on any atom is 0.303 e. The largest absolute Gasteiger partial charge is 0.502 e. The summed E-state index contributed by atoms with van der Waals surface area (Å²) >= 11 is 0. The first kappa shape index (κ1) is 23.0. The number of aliphatic carboxylic acids is 1. The van der Waals surface area contributed by atoms with E-state index in [-0.39, 0.29) is 0 Å². The van der Waals surface area contributed by atoms with Crippen LogP contribution in [-0.2, 0) is 9.53 Å². The van der Waals surface area contributed by atoms with Crippen LogP contribution in [-0.4, -0.2) is 17.7 Å². The van der Waals surface area contributed by atoms with E-state index in [1.54, 1.807) is 6.26 Å². The van der Waals surface area contributed by atoms with Gasteiger partial charge in [0.15, 0.2) is 0 Å². The standard InChI is InChI=1S/C16H32O2.C5H8O/c1-2-3-4-5-6-7-8-9-10-11-12-13-14-15-16(17)18;1-2-4-6-5-3-1/h2-15H2,1H3,(H,17,18);2,4H,1,3,5H2. The van der Waals surface area contributed by atoms with Crippen LogP contribution < -0.4 is 0 Å². The van der Waals surface area contributed by atoms with Gasteiger partial charge < -0.3 is 9.84 Å². The summed E-state index contributed by atoms with van der Waals surface area (Å²) in [6, 6.07) is 0. The zero-order chi connectivity index (χ0) is 17.7. The predicted octanol–water partition coefficient (Wildman–Crippen LogP) is 6.86. The third kappa shape index (κ3) is 21.0. The average molecular weight is 341 g/mol. The Bertz CT molecular complexity index is 279. The Hall–Kier alpha value is -0.990. The van der Waals surface area contributed by atoms with Crippen LogP contribution in [0.25, 0.3) is 0 Å². The van der Waals surface area contributed by atoms with Crippen LogP contribution in [0.15, 0.2) is 12.3 Å². The lowest BCUT2D eigenvalue weighted by Crippen LogP contribution is -1.93. The summed E-state index contributed by atoms with van der Waals surface area (Å²) < 4.78 is 4.89. The molecular formula is C21H40O3. The third-order valence-electron chi connectivity index (χ3n) is 4.32. The summed E-state index contributed by atoms with van der Waals surface area (Å²) in [5, 5.41) is 8.49. The molecule has 0 aromatic heterocycles. The van der Waals surface area contributed by atoms with E-state index in [9.17, 15) is 4.79 Å². The minimum atomic E-state index is -0.655. The molecule has 0 spiro atoms. The second kappa shape index (κ2) is 20.1. The zero-order valence-corrected chi connectivity index (χ0v) is 15.9. The summed E-state index contributed by atoms with van der Waals surface area (Å²) in [6.07, 6.45) is 23.5. The second-order valence-corrected chi connectivity index (χ2v) is 6.77. The van der Waals surface area contributed by atoms with Crippen LogP contribution in [0.1, 0.15) is 110 Å². The van der Waals surface area contributed by atoms with E-state index < -0.39 is 5.97 Å². The summed E-state index contributed by atoms with van der Waals surface area (Å²) in [5.74, 6) is -0.655. The van der Waals surface area contributed by atoms with Crippen LogP contribution in [0.5, 0.6) is 0 Å². The molecule has 0 unspecified atom stereocenters. The van der Waals surface area contributed by atoms with E-state index in [1.165, 1.54) is 83.5 Å². The van der Waals surface area contributed by atoms with Gasteiger partial charge in [-0.05, 0) is 25.3 Å². The molecule has 24 heavy (non-hydrogen) atoms. The molecule has 0 amide bonds. The lowest BCUT2D eigenvalue weighted by atomic mass is 10.0. The molecule has 0 fully saturated rings. The van der Waals surface area contributed by atoms with Gasteiger partial charge in [0.1, 0.15) is 0 Å². The fourth-order valence-corrected chi connectivity index (χ4v) is 2.78. The molecule has 0 atom stereocenters. The van der Waals surface area contributed by atoms with Crippen molar-refractivity contribution in [3.63, 3.8) is 0 Å². The van der Waals surface area contributed by atoms with Crippen molar-refractivity contribution in [2.75, 3.05) is 6.61 Å². The molecule has 0 radical (unpaired) electrons. The maximum absolute atomic E-state index is 10.3. The van der Waals surface area contributed by atoms with Gasteiger partial charge in [-0.1, -0.05) is 84.0 Å². The topological polar surface area (TPSA) is 46.5 Å². The van der Waals surface area contributed by atoms with Crippen LogP contribution in [0.3, 0.4) is 0 Å². The van der Waals surface area contributed by atoms with Gasteiger partial charge in [0.25, 0.3) is 0 Å². The van der Waals surface area contributed by atoms with E-state index >= 15 is 0 Å². The fraction of sp³-hybridized carbons (Fsp3) is 0.857. The summed E-state index contributed by atoms with van der Waals surface area (Å²) in [6.45, 7) is 3.17.